The van der Waals surface area contributed by atoms with Crippen LogP contribution in [0.2, 0.25) is 0 Å². The van der Waals surface area contributed by atoms with Gasteiger partial charge in [-0.15, -0.1) is 0 Å². The summed E-state index contributed by atoms with van der Waals surface area (Å²) in [5.41, 5.74) is 5.81. The SMILES string of the molecule is CCCC1(C(O)C(C)CN)CCC1. The summed E-state index contributed by atoms with van der Waals surface area (Å²) in [4.78, 5) is 0. The Hall–Kier alpha value is -0.0800. The minimum atomic E-state index is -0.175. The number of rotatable bonds is 5. The van der Waals surface area contributed by atoms with Gasteiger partial charge in [0.25, 0.3) is 0 Å². The van der Waals surface area contributed by atoms with Crippen molar-refractivity contribution in [3.05, 3.63) is 0 Å². The van der Waals surface area contributed by atoms with Gasteiger partial charge in [0.1, 0.15) is 0 Å². The van der Waals surface area contributed by atoms with Crippen LogP contribution < -0.4 is 5.73 Å². The maximum Gasteiger partial charge on any atom is 0.0633 e. The first kappa shape index (κ1) is 11.0. The highest BCUT2D eigenvalue weighted by Gasteiger charge is 2.44. The molecule has 3 N–H and O–H groups in total. The largest absolute Gasteiger partial charge is 0.392 e. The number of aliphatic hydroxyl groups excluding tert-OH is 1. The highest BCUT2D eigenvalue weighted by Crippen LogP contribution is 2.49. The Morgan fingerprint density at radius 1 is 1.46 bits per heavy atom. The van der Waals surface area contributed by atoms with Gasteiger partial charge in [0, 0.05) is 0 Å². The molecule has 0 amide bonds. The second kappa shape index (κ2) is 4.43. The fourth-order valence-electron chi connectivity index (χ4n) is 2.55. The van der Waals surface area contributed by atoms with Crippen molar-refractivity contribution in [2.75, 3.05) is 6.54 Å². The fraction of sp³-hybridized carbons (Fsp3) is 1.00. The molecule has 1 aliphatic carbocycles. The molecule has 1 fully saturated rings. The second-order valence-electron chi connectivity index (χ2n) is 4.62. The maximum atomic E-state index is 10.1. The molecule has 2 atom stereocenters. The molecule has 0 aromatic carbocycles. The van der Waals surface area contributed by atoms with Gasteiger partial charge in [0.15, 0.2) is 0 Å². The maximum absolute atomic E-state index is 10.1. The van der Waals surface area contributed by atoms with Crippen LogP contribution in [0.25, 0.3) is 0 Å². The van der Waals surface area contributed by atoms with Crippen molar-refractivity contribution >= 4 is 0 Å². The molecular weight excluding hydrogens is 162 g/mol. The van der Waals surface area contributed by atoms with Crippen molar-refractivity contribution in [1.29, 1.82) is 0 Å². The first-order chi connectivity index (χ1) is 6.16. The zero-order chi connectivity index (χ0) is 9.90. The lowest BCUT2D eigenvalue weighted by Gasteiger charge is -2.47. The molecule has 0 aromatic heterocycles. The lowest BCUT2D eigenvalue weighted by molar-refractivity contribution is -0.0685. The normalized spacial score (nSPS) is 24.9. The third kappa shape index (κ3) is 2.05. The Morgan fingerprint density at radius 2 is 2.08 bits per heavy atom. The second-order valence-corrected chi connectivity index (χ2v) is 4.62. The minimum absolute atomic E-state index is 0.175. The number of hydrogen-bond donors (Lipinski definition) is 2. The Morgan fingerprint density at radius 3 is 2.38 bits per heavy atom. The summed E-state index contributed by atoms with van der Waals surface area (Å²) in [5, 5.41) is 10.1. The van der Waals surface area contributed by atoms with Crippen molar-refractivity contribution in [2.24, 2.45) is 17.1 Å². The van der Waals surface area contributed by atoms with Gasteiger partial charge < -0.3 is 10.8 Å². The van der Waals surface area contributed by atoms with Gasteiger partial charge in [-0.25, -0.2) is 0 Å². The van der Waals surface area contributed by atoms with E-state index in [1.807, 2.05) is 0 Å². The summed E-state index contributed by atoms with van der Waals surface area (Å²) >= 11 is 0. The molecule has 0 radical (unpaired) electrons. The van der Waals surface area contributed by atoms with E-state index in [1.54, 1.807) is 0 Å². The van der Waals surface area contributed by atoms with Crippen LogP contribution in [0.15, 0.2) is 0 Å². The highest BCUT2D eigenvalue weighted by molar-refractivity contribution is 4.95. The molecule has 13 heavy (non-hydrogen) atoms. The average Bonchev–Trinajstić information content (AvgIpc) is 2.09. The third-order valence-electron chi connectivity index (χ3n) is 3.64. The van der Waals surface area contributed by atoms with Gasteiger partial charge in [-0.3, -0.25) is 0 Å². The Labute approximate surface area is 81.5 Å². The summed E-state index contributed by atoms with van der Waals surface area (Å²) in [6.07, 6.45) is 5.85. The van der Waals surface area contributed by atoms with Gasteiger partial charge in [0.05, 0.1) is 6.10 Å². The molecule has 78 valence electrons. The Balaban J connectivity index is 2.54. The van der Waals surface area contributed by atoms with Crippen LogP contribution in [0.5, 0.6) is 0 Å². The van der Waals surface area contributed by atoms with Crippen LogP contribution in [-0.4, -0.2) is 17.8 Å². The topological polar surface area (TPSA) is 46.2 Å². The molecule has 2 heteroatoms. The smallest absolute Gasteiger partial charge is 0.0633 e. The van der Waals surface area contributed by atoms with E-state index >= 15 is 0 Å². The van der Waals surface area contributed by atoms with Crippen LogP contribution in [0.1, 0.15) is 46.0 Å². The van der Waals surface area contributed by atoms with Gasteiger partial charge in [-0.05, 0) is 37.1 Å². The monoisotopic (exact) mass is 185 g/mol. The minimum Gasteiger partial charge on any atom is -0.392 e. The standard InChI is InChI=1S/C11H23NO/c1-3-5-11(6-4-7-11)10(13)9(2)8-12/h9-10,13H,3-8,12H2,1-2H3. The van der Waals surface area contributed by atoms with Crippen LogP contribution in [0, 0.1) is 11.3 Å². The van der Waals surface area contributed by atoms with Gasteiger partial charge in [0.2, 0.25) is 0 Å². The summed E-state index contributed by atoms with van der Waals surface area (Å²) in [5.74, 6) is 0.256. The lowest BCUT2D eigenvalue weighted by Crippen LogP contribution is -2.46. The van der Waals surface area contributed by atoms with E-state index in [-0.39, 0.29) is 17.4 Å². The van der Waals surface area contributed by atoms with Crippen molar-refractivity contribution < 1.29 is 5.11 Å². The van der Waals surface area contributed by atoms with Crippen molar-refractivity contribution in [2.45, 2.75) is 52.1 Å². The average molecular weight is 185 g/mol. The third-order valence-corrected chi connectivity index (χ3v) is 3.64. The van der Waals surface area contributed by atoms with Crippen LogP contribution in [-0.2, 0) is 0 Å². The predicted octanol–water partition coefficient (Wildman–Crippen LogP) is 1.91. The van der Waals surface area contributed by atoms with Crippen LogP contribution in [0.4, 0.5) is 0 Å². The first-order valence-corrected chi connectivity index (χ1v) is 5.54. The number of nitrogens with two attached hydrogens (primary N) is 1. The molecule has 0 saturated heterocycles. The summed E-state index contributed by atoms with van der Waals surface area (Å²) in [6.45, 7) is 4.85. The molecule has 2 unspecified atom stereocenters. The van der Waals surface area contributed by atoms with E-state index < -0.39 is 0 Å². The summed E-state index contributed by atoms with van der Waals surface area (Å²) in [7, 11) is 0. The van der Waals surface area contributed by atoms with Crippen molar-refractivity contribution in [3.63, 3.8) is 0 Å². The van der Waals surface area contributed by atoms with E-state index in [2.05, 4.69) is 13.8 Å². The van der Waals surface area contributed by atoms with Gasteiger partial charge >= 0.3 is 0 Å². The zero-order valence-electron chi connectivity index (χ0n) is 8.92. The molecular formula is C11H23NO. The van der Waals surface area contributed by atoms with Crippen molar-refractivity contribution in [3.8, 4) is 0 Å². The summed E-state index contributed by atoms with van der Waals surface area (Å²) < 4.78 is 0. The number of hydrogen-bond acceptors (Lipinski definition) is 2. The zero-order valence-corrected chi connectivity index (χ0v) is 8.92. The highest BCUT2D eigenvalue weighted by atomic mass is 16.3. The predicted molar refractivity (Wildman–Crippen MR) is 55.4 cm³/mol. The van der Waals surface area contributed by atoms with E-state index in [0.29, 0.717) is 6.54 Å². The van der Waals surface area contributed by atoms with E-state index in [9.17, 15) is 5.11 Å². The van der Waals surface area contributed by atoms with Crippen LogP contribution in [0.3, 0.4) is 0 Å². The molecule has 1 rings (SSSR count). The first-order valence-electron chi connectivity index (χ1n) is 5.54. The molecule has 0 spiro atoms. The molecule has 1 aliphatic rings. The fourth-order valence-corrected chi connectivity index (χ4v) is 2.55. The molecule has 0 heterocycles. The van der Waals surface area contributed by atoms with E-state index in [0.717, 1.165) is 0 Å². The van der Waals surface area contributed by atoms with E-state index in [1.165, 1.54) is 32.1 Å². The molecule has 0 bridgehead atoms. The Bertz CT molecular complexity index is 154. The number of aliphatic hydroxyl groups is 1. The summed E-state index contributed by atoms with van der Waals surface area (Å²) in [6, 6.07) is 0. The van der Waals surface area contributed by atoms with E-state index in [4.69, 9.17) is 5.73 Å². The molecule has 2 nitrogen and oxygen atoms in total. The quantitative estimate of drug-likeness (QED) is 0.687. The molecule has 0 aromatic rings. The van der Waals surface area contributed by atoms with Gasteiger partial charge in [-0.1, -0.05) is 26.7 Å². The van der Waals surface area contributed by atoms with Gasteiger partial charge in [-0.2, -0.15) is 0 Å². The molecule has 0 aliphatic heterocycles. The van der Waals surface area contributed by atoms with Crippen LogP contribution >= 0.6 is 0 Å². The Kier molecular flexibility index (Phi) is 3.74. The van der Waals surface area contributed by atoms with Crippen molar-refractivity contribution in [1.82, 2.24) is 0 Å². The lowest BCUT2D eigenvalue weighted by atomic mass is 9.60. The molecule has 1 saturated carbocycles.